The second-order valence-electron chi connectivity index (χ2n) is 5.13. The summed E-state index contributed by atoms with van der Waals surface area (Å²) in [4.78, 5) is 0.0703. The Morgan fingerprint density at radius 3 is 2.50 bits per heavy atom. The minimum absolute atomic E-state index is 0.0703. The average molecular weight is 322 g/mol. The third kappa shape index (κ3) is 4.17. The Morgan fingerprint density at radius 2 is 2.00 bits per heavy atom. The van der Waals surface area contributed by atoms with Gasteiger partial charge in [-0.3, -0.25) is 0 Å². The van der Waals surface area contributed by atoms with Crippen LogP contribution < -0.4 is 4.72 Å². The monoisotopic (exact) mass is 321 g/mol. The first-order chi connectivity index (χ1) is 9.13. The summed E-state index contributed by atoms with van der Waals surface area (Å²) >= 11 is 5.90. The third-order valence-electron chi connectivity index (χ3n) is 3.13. The molecule has 0 saturated heterocycles. The summed E-state index contributed by atoms with van der Waals surface area (Å²) in [6.45, 7) is 5.06. The van der Waals surface area contributed by atoms with Crippen LogP contribution in [0.3, 0.4) is 0 Å². The van der Waals surface area contributed by atoms with Crippen LogP contribution in [-0.2, 0) is 21.4 Å². The highest BCUT2D eigenvalue weighted by Gasteiger charge is 2.24. The zero-order valence-corrected chi connectivity index (χ0v) is 13.6. The minimum atomic E-state index is -3.71. The number of sulfonamides is 1. The van der Waals surface area contributed by atoms with Crippen molar-refractivity contribution >= 4 is 21.6 Å². The van der Waals surface area contributed by atoms with Crippen molar-refractivity contribution in [3.8, 4) is 0 Å². The Kier molecular flexibility index (Phi) is 5.57. The van der Waals surface area contributed by atoms with Gasteiger partial charge in [0.15, 0.2) is 0 Å². The molecule has 1 rings (SSSR count). The van der Waals surface area contributed by atoms with Crippen molar-refractivity contribution in [1.82, 2.24) is 4.72 Å². The van der Waals surface area contributed by atoms with Crippen LogP contribution in [0.15, 0.2) is 17.0 Å². The van der Waals surface area contributed by atoms with Crippen LogP contribution in [0.1, 0.15) is 25.0 Å². The van der Waals surface area contributed by atoms with E-state index in [0.29, 0.717) is 11.1 Å². The molecule has 7 heteroatoms. The Morgan fingerprint density at radius 1 is 1.40 bits per heavy atom. The number of methoxy groups -OCH3 is 1. The summed E-state index contributed by atoms with van der Waals surface area (Å²) in [5.41, 5.74) is 0.364. The Labute approximate surface area is 125 Å². The summed E-state index contributed by atoms with van der Waals surface area (Å²) in [7, 11) is -2.20. The van der Waals surface area contributed by atoms with Gasteiger partial charge in [-0.15, -0.1) is 0 Å². The largest absolute Gasteiger partial charge is 0.392 e. The summed E-state index contributed by atoms with van der Waals surface area (Å²) in [6, 6.07) is 2.92. The molecule has 0 aromatic heterocycles. The van der Waals surface area contributed by atoms with E-state index in [4.69, 9.17) is 16.3 Å². The standard InChI is InChI=1S/C13H20ClNO4S/c1-9-10(7-16)5-11(14)6-12(9)20(17,18)15-8-13(2,3)19-4/h5-6,15-16H,7-8H2,1-4H3. The summed E-state index contributed by atoms with van der Waals surface area (Å²) in [5, 5.41) is 9.51. The van der Waals surface area contributed by atoms with Gasteiger partial charge in [-0.2, -0.15) is 0 Å². The van der Waals surface area contributed by atoms with Crippen molar-refractivity contribution in [1.29, 1.82) is 0 Å². The molecule has 1 aromatic rings. The van der Waals surface area contributed by atoms with Crippen LogP contribution in [0.5, 0.6) is 0 Å². The molecule has 0 atom stereocenters. The third-order valence-corrected chi connectivity index (χ3v) is 4.88. The van der Waals surface area contributed by atoms with Gasteiger partial charge in [0.1, 0.15) is 0 Å². The molecule has 0 amide bonds. The van der Waals surface area contributed by atoms with Gasteiger partial charge in [-0.05, 0) is 44.0 Å². The number of hydrogen-bond acceptors (Lipinski definition) is 4. The van der Waals surface area contributed by atoms with Crippen LogP contribution in [0.25, 0.3) is 0 Å². The van der Waals surface area contributed by atoms with E-state index >= 15 is 0 Å². The molecule has 0 spiro atoms. The van der Waals surface area contributed by atoms with E-state index in [1.54, 1.807) is 26.8 Å². The van der Waals surface area contributed by atoms with Gasteiger partial charge in [-0.25, -0.2) is 13.1 Å². The normalized spacial score (nSPS) is 12.7. The molecule has 0 saturated carbocycles. The second kappa shape index (κ2) is 6.41. The summed E-state index contributed by atoms with van der Waals surface area (Å²) in [6.07, 6.45) is 0. The smallest absolute Gasteiger partial charge is 0.240 e. The first kappa shape index (κ1) is 17.4. The predicted octanol–water partition coefficient (Wildman–Crippen LogP) is 1.84. The zero-order valence-electron chi connectivity index (χ0n) is 12.0. The zero-order chi connectivity index (χ0) is 15.6. The number of nitrogens with one attached hydrogen (secondary N) is 1. The maximum Gasteiger partial charge on any atom is 0.240 e. The maximum atomic E-state index is 12.3. The highest BCUT2D eigenvalue weighted by Crippen LogP contribution is 2.24. The van der Waals surface area contributed by atoms with Crippen LogP contribution in [-0.4, -0.2) is 32.8 Å². The van der Waals surface area contributed by atoms with Gasteiger partial charge in [-0.1, -0.05) is 11.6 Å². The quantitative estimate of drug-likeness (QED) is 0.838. The maximum absolute atomic E-state index is 12.3. The molecule has 20 heavy (non-hydrogen) atoms. The van der Waals surface area contributed by atoms with E-state index in [1.165, 1.54) is 13.2 Å². The Bertz CT molecular complexity index is 584. The summed E-state index contributed by atoms with van der Waals surface area (Å²) < 4.78 is 32.3. The summed E-state index contributed by atoms with van der Waals surface area (Å²) in [5.74, 6) is 0. The second-order valence-corrected chi connectivity index (χ2v) is 7.31. The first-order valence-electron chi connectivity index (χ1n) is 6.07. The van der Waals surface area contributed by atoms with Crippen LogP contribution in [0, 0.1) is 6.92 Å². The lowest BCUT2D eigenvalue weighted by Gasteiger charge is -2.23. The van der Waals surface area contributed by atoms with E-state index in [2.05, 4.69) is 4.72 Å². The van der Waals surface area contributed by atoms with Gasteiger partial charge >= 0.3 is 0 Å². The van der Waals surface area contributed by atoms with Crippen molar-refractivity contribution in [2.75, 3.05) is 13.7 Å². The highest BCUT2D eigenvalue weighted by molar-refractivity contribution is 7.89. The van der Waals surface area contributed by atoms with Crippen molar-refractivity contribution in [3.05, 3.63) is 28.3 Å². The van der Waals surface area contributed by atoms with Gasteiger partial charge in [0.05, 0.1) is 17.1 Å². The molecule has 0 fully saturated rings. The molecule has 1 aromatic carbocycles. The van der Waals surface area contributed by atoms with Crippen LogP contribution >= 0.6 is 11.6 Å². The Balaban J connectivity index is 3.13. The average Bonchev–Trinajstić information content (AvgIpc) is 2.39. The molecule has 0 bridgehead atoms. The van der Waals surface area contributed by atoms with E-state index in [0.717, 1.165) is 0 Å². The van der Waals surface area contributed by atoms with E-state index in [9.17, 15) is 13.5 Å². The van der Waals surface area contributed by atoms with Gasteiger partial charge < -0.3 is 9.84 Å². The molecule has 2 N–H and O–H groups in total. The molecular formula is C13H20ClNO4S. The SMILES string of the molecule is COC(C)(C)CNS(=O)(=O)c1cc(Cl)cc(CO)c1C. The van der Waals surface area contributed by atoms with Crippen molar-refractivity contribution < 1.29 is 18.3 Å². The number of hydrogen-bond donors (Lipinski definition) is 2. The van der Waals surface area contributed by atoms with E-state index in [-0.39, 0.29) is 23.1 Å². The van der Waals surface area contributed by atoms with Crippen LogP contribution in [0.2, 0.25) is 5.02 Å². The Hall–Kier alpha value is -0.660. The first-order valence-corrected chi connectivity index (χ1v) is 7.94. The number of aliphatic hydroxyl groups is 1. The number of ether oxygens (including phenoxy) is 1. The number of benzene rings is 1. The van der Waals surface area contributed by atoms with E-state index in [1.807, 2.05) is 0 Å². The molecule has 0 aliphatic rings. The van der Waals surface area contributed by atoms with Gasteiger partial charge in [0.2, 0.25) is 10.0 Å². The lowest BCUT2D eigenvalue weighted by molar-refractivity contribution is 0.0276. The number of aliphatic hydroxyl groups excluding tert-OH is 1. The molecule has 0 heterocycles. The van der Waals surface area contributed by atoms with Crippen molar-refractivity contribution in [2.24, 2.45) is 0 Å². The lowest BCUT2D eigenvalue weighted by atomic mass is 10.1. The fourth-order valence-corrected chi connectivity index (χ4v) is 3.39. The van der Waals surface area contributed by atoms with Crippen molar-refractivity contribution in [2.45, 2.75) is 37.9 Å². The van der Waals surface area contributed by atoms with E-state index < -0.39 is 15.6 Å². The predicted molar refractivity (Wildman–Crippen MR) is 78.4 cm³/mol. The van der Waals surface area contributed by atoms with Crippen LogP contribution in [0.4, 0.5) is 0 Å². The molecule has 0 unspecified atom stereocenters. The molecule has 114 valence electrons. The molecular weight excluding hydrogens is 302 g/mol. The van der Waals surface area contributed by atoms with Gasteiger partial charge in [0, 0.05) is 18.7 Å². The molecule has 0 aliphatic heterocycles. The molecule has 0 radical (unpaired) electrons. The number of rotatable bonds is 6. The minimum Gasteiger partial charge on any atom is -0.392 e. The fraction of sp³-hybridized carbons (Fsp3) is 0.538. The fourth-order valence-electron chi connectivity index (χ4n) is 1.57. The highest BCUT2D eigenvalue weighted by atomic mass is 35.5. The van der Waals surface area contributed by atoms with Gasteiger partial charge in [0.25, 0.3) is 0 Å². The number of halogens is 1. The molecule has 5 nitrogen and oxygen atoms in total. The van der Waals surface area contributed by atoms with Crippen molar-refractivity contribution in [3.63, 3.8) is 0 Å². The molecule has 0 aliphatic carbocycles. The topological polar surface area (TPSA) is 75.6 Å². The lowest BCUT2D eigenvalue weighted by Crippen LogP contribution is -2.39.